The number of nitrogens with zero attached hydrogens (tertiary/aromatic N) is 2. The number of ketones is 1. The topological polar surface area (TPSA) is 91.4 Å². The number of esters is 1. The van der Waals surface area contributed by atoms with E-state index in [9.17, 15) is 32.9 Å². The van der Waals surface area contributed by atoms with Gasteiger partial charge < -0.3 is 9.30 Å². The summed E-state index contributed by atoms with van der Waals surface area (Å²) in [6.45, 7) is 0.722. The Morgan fingerprint density at radius 3 is 2.43 bits per heavy atom. The van der Waals surface area contributed by atoms with Gasteiger partial charge >= 0.3 is 12.1 Å². The molecule has 1 aromatic carbocycles. The van der Waals surface area contributed by atoms with Gasteiger partial charge in [0.05, 0.1) is 4.92 Å². The number of hydrogen-bond donors (Lipinski definition) is 0. The maximum absolute atomic E-state index is 12.6. The van der Waals surface area contributed by atoms with Gasteiger partial charge in [-0.15, -0.1) is 0 Å². The van der Waals surface area contributed by atoms with Gasteiger partial charge in [-0.25, -0.2) is 4.79 Å². The summed E-state index contributed by atoms with van der Waals surface area (Å²) in [5, 5.41) is 11.1. The van der Waals surface area contributed by atoms with Gasteiger partial charge in [0.2, 0.25) is 5.78 Å². The van der Waals surface area contributed by atoms with Crippen LogP contribution in [0.5, 0.6) is 0 Å². The molecule has 28 heavy (non-hydrogen) atoms. The van der Waals surface area contributed by atoms with E-state index in [2.05, 4.69) is 0 Å². The van der Waals surface area contributed by atoms with Crippen LogP contribution in [0.15, 0.2) is 24.3 Å². The first-order chi connectivity index (χ1) is 12.9. The molecule has 0 saturated carbocycles. The summed E-state index contributed by atoms with van der Waals surface area (Å²) >= 11 is 5.66. The van der Waals surface area contributed by atoms with Crippen molar-refractivity contribution in [2.45, 2.75) is 26.6 Å². The average Bonchev–Trinajstić information content (AvgIpc) is 2.86. The Balaban J connectivity index is 2.16. The molecule has 1 heterocycles. The lowest BCUT2D eigenvalue weighted by atomic mass is 10.1. The summed E-state index contributed by atoms with van der Waals surface area (Å²) in [5.41, 5.74) is -0.718. The third-order valence-corrected chi connectivity index (χ3v) is 4.16. The first-order valence-electron chi connectivity index (χ1n) is 7.78. The van der Waals surface area contributed by atoms with Crippen LogP contribution in [0.3, 0.4) is 0 Å². The van der Waals surface area contributed by atoms with Gasteiger partial charge in [0.15, 0.2) is 6.61 Å². The fourth-order valence-corrected chi connectivity index (χ4v) is 2.79. The fraction of sp³-hybridized carbons (Fsp3) is 0.294. The number of halogens is 4. The van der Waals surface area contributed by atoms with Crippen molar-refractivity contribution < 1.29 is 32.4 Å². The fourth-order valence-electron chi connectivity index (χ4n) is 2.62. The summed E-state index contributed by atoms with van der Waals surface area (Å²) in [7, 11) is 0. The lowest BCUT2D eigenvalue weighted by Crippen LogP contribution is -2.20. The molecule has 0 saturated heterocycles. The maximum atomic E-state index is 12.6. The number of carbonyl (C=O) groups excluding carboxylic acids is 2. The highest BCUT2D eigenvalue weighted by Crippen LogP contribution is 2.25. The van der Waals surface area contributed by atoms with Crippen molar-refractivity contribution in [3.05, 3.63) is 61.9 Å². The van der Waals surface area contributed by atoms with E-state index in [4.69, 9.17) is 16.3 Å². The zero-order valence-electron chi connectivity index (χ0n) is 14.7. The molecular formula is C17H14ClF3N2O5. The van der Waals surface area contributed by atoms with Crippen LogP contribution in [0.2, 0.25) is 5.02 Å². The van der Waals surface area contributed by atoms with Crippen LogP contribution in [0.25, 0.3) is 0 Å². The predicted octanol–water partition coefficient (Wildman–Crippen LogP) is 4.27. The van der Waals surface area contributed by atoms with E-state index in [0.29, 0.717) is 0 Å². The highest BCUT2D eigenvalue weighted by Gasteiger charge is 2.30. The quantitative estimate of drug-likeness (QED) is 0.302. The standard InChI is InChI=1S/C17H14ClF3N2O5/c1-9-5-13(10(2)22(9)8-17(19,20)21)15(24)7-28-16(25)12-4-3-11(18)6-14(12)23(26)27/h3-6H,7-8H2,1-2H3. The van der Waals surface area contributed by atoms with Crippen molar-refractivity contribution in [1.82, 2.24) is 4.57 Å². The molecule has 0 fully saturated rings. The predicted molar refractivity (Wildman–Crippen MR) is 92.7 cm³/mol. The van der Waals surface area contributed by atoms with E-state index in [1.165, 1.54) is 26.0 Å². The molecule has 0 bridgehead atoms. The van der Waals surface area contributed by atoms with Gasteiger partial charge in [0, 0.05) is 28.0 Å². The number of ether oxygens (including phenoxy) is 1. The van der Waals surface area contributed by atoms with Crippen LogP contribution in [0, 0.1) is 24.0 Å². The molecule has 11 heteroatoms. The van der Waals surface area contributed by atoms with Gasteiger partial charge in [-0.1, -0.05) is 11.6 Å². The summed E-state index contributed by atoms with van der Waals surface area (Å²) in [6, 6.07) is 4.56. The number of rotatable bonds is 6. The van der Waals surface area contributed by atoms with Crippen molar-refractivity contribution >= 4 is 29.0 Å². The smallest absolute Gasteiger partial charge is 0.406 e. The number of aryl methyl sites for hydroxylation is 1. The van der Waals surface area contributed by atoms with E-state index in [1.54, 1.807) is 0 Å². The molecule has 1 aromatic heterocycles. The van der Waals surface area contributed by atoms with Crippen LogP contribution >= 0.6 is 11.6 Å². The largest absolute Gasteiger partial charge is 0.454 e. The van der Waals surface area contributed by atoms with Gasteiger partial charge in [0.1, 0.15) is 12.1 Å². The number of Topliss-reactive ketones (excluding diaryl/α,β-unsaturated/α-hetero) is 1. The van der Waals surface area contributed by atoms with Crippen LogP contribution in [-0.4, -0.2) is 34.0 Å². The Bertz CT molecular complexity index is 953. The minimum Gasteiger partial charge on any atom is -0.454 e. The molecule has 0 aliphatic rings. The average molecular weight is 419 g/mol. The number of alkyl halides is 3. The third kappa shape index (κ3) is 4.89. The highest BCUT2D eigenvalue weighted by molar-refractivity contribution is 6.31. The van der Waals surface area contributed by atoms with Gasteiger partial charge in [-0.2, -0.15) is 13.2 Å². The number of nitro groups is 1. The zero-order chi connectivity index (χ0) is 21.2. The molecule has 0 atom stereocenters. The SMILES string of the molecule is Cc1cc(C(=O)COC(=O)c2ccc(Cl)cc2[N+](=O)[O-])c(C)n1CC(F)(F)F. The Labute approximate surface area is 161 Å². The van der Waals surface area contributed by atoms with Crippen molar-refractivity contribution in [3.8, 4) is 0 Å². The number of benzene rings is 1. The second-order valence-electron chi connectivity index (χ2n) is 5.90. The summed E-state index contributed by atoms with van der Waals surface area (Å²) in [5.74, 6) is -1.85. The second-order valence-corrected chi connectivity index (χ2v) is 6.34. The molecule has 0 N–H and O–H groups in total. The molecule has 2 rings (SSSR count). The van der Waals surface area contributed by atoms with Crippen molar-refractivity contribution in [2.24, 2.45) is 0 Å². The van der Waals surface area contributed by atoms with Crippen LogP contribution in [0.4, 0.5) is 18.9 Å². The third-order valence-electron chi connectivity index (χ3n) is 3.92. The second kappa shape index (κ2) is 8.01. The Morgan fingerprint density at radius 1 is 1.21 bits per heavy atom. The van der Waals surface area contributed by atoms with Gasteiger partial charge in [-0.05, 0) is 32.0 Å². The highest BCUT2D eigenvalue weighted by atomic mass is 35.5. The van der Waals surface area contributed by atoms with Crippen LogP contribution in [-0.2, 0) is 11.3 Å². The van der Waals surface area contributed by atoms with E-state index in [0.717, 1.165) is 16.7 Å². The first kappa shape index (κ1) is 21.4. The number of carbonyl (C=O) groups is 2. The lowest BCUT2D eigenvalue weighted by molar-refractivity contribution is -0.385. The molecule has 2 aromatic rings. The van der Waals surface area contributed by atoms with Crippen molar-refractivity contribution in [1.29, 1.82) is 0 Å². The monoisotopic (exact) mass is 418 g/mol. The molecule has 0 aliphatic carbocycles. The number of aromatic nitrogens is 1. The normalized spacial score (nSPS) is 11.4. The molecule has 0 aliphatic heterocycles. The van der Waals surface area contributed by atoms with E-state index < -0.39 is 47.3 Å². The molecule has 0 radical (unpaired) electrons. The molecule has 0 amide bonds. The molecular weight excluding hydrogens is 405 g/mol. The molecule has 0 spiro atoms. The molecule has 7 nitrogen and oxygen atoms in total. The van der Waals surface area contributed by atoms with Crippen LogP contribution < -0.4 is 0 Å². The molecule has 150 valence electrons. The van der Waals surface area contributed by atoms with E-state index >= 15 is 0 Å². The van der Waals surface area contributed by atoms with Crippen LogP contribution in [0.1, 0.15) is 32.1 Å². The zero-order valence-corrected chi connectivity index (χ0v) is 15.4. The number of nitro benzene ring substituents is 1. The Kier molecular flexibility index (Phi) is 6.13. The minimum absolute atomic E-state index is 0.0276. The Morgan fingerprint density at radius 2 is 1.86 bits per heavy atom. The van der Waals surface area contributed by atoms with E-state index in [-0.39, 0.29) is 22.0 Å². The summed E-state index contributed by atoms with van der Waals surface area (Å²) in [6.07, 6.45) is -4.46. The van der Waals surface area contributed by atoms with Crippen molar-refractivity contribution in [3.63, 3.8) is 0 Å². The van der Waals surface area contributed by atoms with Gasteiger partial charge in [-0.3, -0.25) is 14.9 Å². The first-order valence-corrected chi connectivity index (χ1v) is 8.16. The summed E-state index contributed by atoms with van der Waals surface area (Å²) < 4.78 is 43.7. The van der Waals surface area contributed by atoms with Crippen molar-refractivity contribution in [2.75, 3.05) is 6.61 Å². The molecule has 0 unspecified atom stereocenters. The van der Waals surface area contributed by atoms with E-state index in [1.807, 2.05) is 0 Å². The number of hydrogen-bond acceptors (Lipinski definition) is 5. The Hall–Kier alpha value is -2.88. The minimum atomic E-state index is -4.46. The lowest BCUT2D eigenvalue weighted by Gasteiger charge is -2.12. The maximum Gasteiger partial charge on any atom is 0.406 e. The van der Waals surface area contributed by atoms with Gasteiger partial charge in [0.25, 0.3) is 5.69 Å². The summed E-state index contributed by atoms with van der Waals surface area (Å²) in [4.78, 5) is 34.6.